The summed E-state index contributed by atoms with van der Waals surface area (Å²) >= 11 is 3.36. The minimum Gasteiger partial charge on any atom is -0.305 e. The van der Waals surface area contributed by atoms with Crippen LogP contribution < -0.4 is 4.90 Å². The fourth-order valence-corrected chi connectivity index (χ4v) is 2.47. The number of anilines is 1. The fourth-order valence-electron chi connectivity index (χ4n) is 1.90. The Labute approximate surface area is 107 Å². The normalized spacial score (nSPS) is 19.8. The maximum atomic E-state index is 11.7. The molecule has 0 aromatic heterocycles. The standard InChI is InChI=1S/C11H11BrN2O3/c1-7-2-3-9(14(16)17)10(4-7)13-6-8(12)5-11(13)15/h2-4,8H,5-6H2,1H3. The number of nitrogens with zero attached hydrogens (tertiary/aromatic N) is 2. The summed E-state index contributed by atoms with van der Waals surface area (Å²) in [4.78, 5) is 23.8. The van der Waals surface area contributed by atoms with Crippen molar-refractivity contribution in [1.82, 2.24) is 0 Å². The summed E-state index contributed by atoms with van der Waals surface area (Å²) in [6.45, 7) is 2.32. The SMILES string of the molecule is Cc1ccc([N+](=O)[O-])c(N2CC(Br)CC2=O)c1. The number of carbonyl (C=O) groups excluding carboxylic acids is 1. The van der Waals surface area contributed by atoms with Crippen molar-refractivity contribution >= 4 is 33.2 Å². The van der Waals surface area contributed by atoms with Crippen LogP contribution in [-0.4, -0.2) is 22.2 Å². The summed E-state index contributed by atoms with van der Waals surface area (Å²) in [6.07, 6.45) is 0.380. The van der Waals surface area contributed by atoms with E-state index in [1.165, 1.54) is 11.0 Å². The lowest BCUT2D eigenvalue weighted by Gasteiger charge is -2.16. The number of nitro groups is 1. The van der Waals surface area contributed by atoms with E-state index in [2.05, 4.69) is 15.9 Å². The van der Waals surface area contributed by atoms with Crippen LogP contribution in [0.15, 0.2) is 18.2 Å². The first kappa shape index (κ1) is 12.0. The molecule has 0 bridgehead atoms. The van der Waals surface area contributed by atoms with Crippen LogP contribution in [0.3, 0.4) is 0 Å². The third-order valence-electron chi connectivity index (χ3n) is 2.70. The number of alkyl halides is 1. The molecule has 90 valence electrons. The molecule has 1 fully saturated rings. The van der Waals surface area contributed by atoms with E-state index in [0.717, 1.165) is 5.56 Å². The van der Waals surface area contributed by atoms with Crippen molar-refractivity contribution in [3.05, 3.63) is 33.9 Å². The molecule has 1 aliphatic heterocycles. The number of rotatable bonds is 2. The molecule has 1 heterocycles. The molecular formula is C11H11BrN2O3. The number of aryl methyl sites for hydroxylation is 1. The Morgan fingerprint density at radius 2 is 2.24 bits per heavy atom. The lowest BCUT2D eigenvalue weighted by Crippen LogP contribution is -2.25. The number of hydrogen-bond acceptors (Lipinski definition) is 3. The average Bonchev–Trinajstić information content (AvgIpc) is 2.57. The van der Waals surface area contributed by atoms with Gasteiger partial charge in [-0.1, -0.05) is 22.0 Å². The lowest BCUT2D eigenvalue weighted by molar-refractivity contribution is -0.384. The Hall–Kier alpha value is -1.43. The number of hydrogen-bond donors (Lipinski definition) is 0. The number of amides is 1. The number of carbonyl (C=O) groups is 1. The van der Waals surface area contributed by atoms with E-state index in [1.54, 1.807) is 12.1 Å². The van der Waals surface area contributed by atoms with Crippen LogP contribution in [0.5, 0.6) is 0 Å². The first-order chi connectivity index (χ1) is 7.99. The molecule has 5 nitrogen and oxygen atoms in total. The highest BCUT2D eigenvalue weighted by atomic mass is 79.9. The van der Waals surface area contributed by atoms with Crippen LogP contribution in [-0.2, 0) is 4.79 Å². The molecule has 0 spiro atoms. The van der Waals surface area contributed by atoms with E-state index in [1.807, 2.05) is 6.92 Å². The van der Waals surface area contributed by atoms with E-state index >= 15 is 0 Å². The second kappa shape index (κ2) is 4.44. The molecular weight excluding hydrogens is 288 g/mol. The monoisotopic (exact) mass is 298 g/mol. The van der Waals surface area contributed by atoms with Gasteiger partial charge < -0.3 is 4.90 Å². The molecule has 1 aromatic rings. The van der Waals surface area contributed by atoms with Gasteiger partial charge in [0.15, 0.2) is 0 Å². The highest BCUT2D eigenvalue weighted by Crippen LogP contribution is 2.33. The predicted octanol–water partition coefficient (Wildman–Crippen LogP) is 2.40. The van der Waals surface area contributed by atoms with E-state index in [-0.39, 0.29) is 16.4 Å². The summed E-state index contributed by atoms with van der Waals surface area (Å²) in [5.74, 6) is -0.0828. The molecule has 1 atom stereocenters. The van der Waals surface area contributed by atoms with Crippen LogP contribution in [0.1, 0.15) is 12.0 Å². The molecule has 2 rings (SSSR count). The number of halogens is 1. The maximum Gasteiger partial charge on any atom is 0.292 e. The molecule has 1 unspecified atom stereocenters. The van der Waals surface area contributed by atoms with E-state index in [9.17, 15) is 14.9 Å². The summed E-state index contributed by atoms with van der Waals surface area (Å²) < 4.78 is 0. The van der Waals surface area contributed by atoms with Gasteiger partial charge in [0.05, 0.1) is 4.92 Å². The molecule has 0 aliphatic carbocycles. The summed E-state index contributed by atoms with van der Waals surface area (Å²) in [7, 11) is 0. The molecule has 6 heteroatoms. The van der Waals surface area contributed by atoms with Crippen LogP contribution in [0.25, 0.3) is 0 Å². The first-order valence-electron chi connectivity index (χ1n) is 5.18. The van der Waals surface area contributed by atoms with Crippen molar-refractivity contribution in [2.24, 2.45) is 0 Å². The van der Waals surface area contributed by atoms with Gasteiger partial charge in [-0.3, -0.25) is 14.9 Å². The highest BCUT2D eigenvalue weighted by molar-refractivity contribution is 9.09. The number of nitro benzene ring substituents is 1. The van der Waals surface area contributed by atoms with Crippen molar-refractivity contribution in [3.63, 3.8) is 0 Å². The zero-order valence-corrected chi connectivity index (χ0v) is 10.8. The smallest absolute Gasteiger partial charge is 0.292 e. The van der Waals surface area contributed by atoms with Crippen LogP contribution in [0, 0.1) is 17.0 Å². The van der Waals surface area contributed by atoms with E-state index in [4.69, 9.17) is 0 Å². The predicted molar refractivity (Wildman–Crippen MR) is 67.5 cm³/mol. The third kappa shape index (κ3) is 2.31. The van der Waals surface area contributed by atoms with Gasteiger partial charge in [-0.05, 0) is 18.6 Å². The summed E-state index contributed by atoms with van der Waals surface area (Å²) in [5, 5.41) is 10.9. The largest absolute Gasteiger partial charge is 0.305 e. The van der Waals surface area contributed by atoms with Gasteiger partial charge in [-0.25, -0.2) is 0 Å². The Bertz CT molecular complexity index is 490. The number of benzene rings is 1. The van der Waals surface area contributed by atoms with Crippen molar-refractivity contribution in [1.29, 1.82) is 0 Å². The summed E-state index contributed by atoms with van der Waals surface area (Å²) in [6, 6.07) is 4.80. The zero-order chi connectivity index (χ0) is 12.6. The van der Waals surface area contributed by atoms with Crippen molar-refractivity contribution < 1.29 is 9.72 Å². The lowest BCUT2D eigenvalue weighted by atomic mass is 10.2. The zero-order valence-electron chi connectivity index (χ0n) is 9.22. The molecule has 17 heavy (non-hydrogen) atoms. The van der Waals surface area contributed by atoms with E-state index in [0.29, 0.717) is 18.7 Å². The van der Waals surface area contributed by atoms with Crippen LogP contribution in [0.4, 0.5) is 11.4 Å². The molecule has 0 saturated carbocycles. The van der Waals surface area contributed by atoms with Crippen LogP contribution >= 0.6 is 15.9 Å². The molecule has 0 N–H and O–H groups in total. The maximum absolute atomic E-state index is 11.7. The van der Waals surface area contributed by atoms with Gasteiger partial charge in [0.2, 0.25) is 5.91 Å². The van der Waals surface area contributed by atoms with Gasteiger partial charge in [0.1, 0.15) is 5.69 Å². The van der Waals surface area contributed by atoms with E-state index < -0.39 is 4.92 Å². The minimum absolute atomic E-state index is 0.0226. The Morgan fingerprint density at radius 1 is 1.53 bits per heavy atom. The molecule has 1 saturated heterocycles. The second-order valence-corrected chi connectivity index (χ2v) is 5.35. The van der Waals surface area contributed by atoms with Crippen molar-refractivity contribution in [3.8, 4) is 0 Å². The summed E-state index contributed by atoms with van der Waals surface area (Å²) in [5.41, 5.74) is 1.27. The third-order valence-corrected chi connectivity index (χ3v) is 3.31. The molecule has 1 amide bonds. The minimum atomic E-state index is -0.455. The Balaban J connectivity index is 2.46. The van der Waals surface area contributed by atoms with Crippen LogP contribution in [0.2, 0.25) is 0 Å². The Kier molecular flexibility index (Phi) is 3.15. The Morgan fingerprint density at radius 3 is 2.76 bits per heavy atom. The average molecular weight is 299 g/mol. The van der Waals surface area contributed by atoms with Gasteiger partial charge in [0, 0.05) is 23.9 Å². The van der Waals surface area contributed by atoms with Gasteiger partial charge in [-0.2, -0.15) is 0 Å². The van der Waals surface area contributed by atoms with Gasteiger partial charge in [-0.15, -0.1) is 0 Å². The quantitative estimate of drug-likeness (QED) is 0.478. The first-order valence-corrected chi connectivity index (χ1v) is 6.10. The van der Waals surface area contributed by atoms with Gasteiger partial charge in [0.25, 0.3) is 5.69 Å². The molecule has 1 aliphatic rings. The van der Waals surface area contributed by atoms with Crippen molar-refractivity contribution in [2.45, 2.75) is 18.2 Å². The second-order valence-electron chi connectivity index (χ2n) is 4.06. The molecule has 1 aromatic carbocycles. The van der Waals surface area contributed by atoms with Gasteiger partial charge >= 0.3 is 0 Å². The fraction of sp³-hybridized carbons (Fsp3) is 0.364. The highest BCUT2D eigenvalue weighted by Gasteiger charge is 2.32. The molecule has 0 radical (unpaired) electrons. The van der Waals surface area contributed by atoms with Crippen molar-refractivity contribution in [2.75, 3.05) is 11.4 Å². The topological polar surface area (TPSA) is 63.5 Å².